The predicted molar refractivity (Wildman–Crippen MR) is 115 cm³/mol. The number of aromatic nitrogens is 2. The molecule has 2 atom stereocenters. The first-order valence-electron chi connectivity index (χ1n) is 9.80. The maximum Gasteiger partial charge on any atom is 0.253 e. The number of carbonyl (C=O) groups excluding carboxylic acids is 1. The molecule has 0 aromatic carbocycles. The molecule has 7 nitrogen and oxygen atoms in total. The number of aryl methyl sites for hydroxylation is 1. The number of furan rings is 2. The topological polar surface area (TPSA) is 84.7 Å². The van der Waals surface area contributed by atoms with Crippen molar-refractivity contribution in [3.05, 3.63) is 58.9 Å². The number of allylic oxidation sites excluding steroid dienone is 1. The number of hydrogen-bond acceptors (Lipinski definition) is 8. The summed E-state index contributed by atoms with van der Waals surface area (Å²) in [5, 5.41) is 15.4. The Kier molecular flexibility index (Phi) is 5.30. The molecule has 0 saturated heterocycles. The minimum Gasteiger partial charge on any atom is -0.467 e. The molecule has 1 amide bonds. The third kappa shape index (κ3) is 3.75. The summed E-state index contributed by atoms with van der Waals surface area (Å²) in [4.78, 5) is 13.2. The fraction of sp³-hybridized carbons (Fsp3) is 0.333. The van der Waals surface area contributed by atoms with Crippen LogP contribution in [0.3, 0.4) is 0 Å². The zero-order valence-corrected chi connectivity index (χ0v) is 18.0. The normalized spacial score (nSPS) is 22.4. The second-order valence-electron chi connectivity index (χ2n) is 7.24. The zero-order valence-electron chi connectivity index (χ0n) is 16.4. The van der Waals surface area contributed by atoms with Gasteiger partial charge in [0.1, 0.15) is 22.6 Å². The van der Waals surface area contributed by atoms with Crippen LogP contribution in [0.15, 0.2) is 60.6 Å². The molecule has 3 aromatic rings. The van der Waals surface area contributed by atoms with Crippen LogP contribution in [-0.2, 0) is 4.79 Å². The van der Waals surface area contributed by atoms with E-state index in [4.69, 9.17) is 13.9 Å². The monoisotopic (exact) mass is 440 g/mol. The Bertz CT molecular complexity index is 1090. The van der Waals surface area contributed by atoms with Gasteiger partial charge in [-0.1, -0.05) is 23.1 Å². The van der Waals surface area contributed by atoms with Crippen LogP contribution in [0, 0.1) is 12.8 Å². The first-order valence-corrected chi connectivity index (χ1v) is 11.6. The summed E-state index contributed by atoms with van der Waals surface area (Å²) in [5.74, 6) is 1.88. The largest absolute Gasteiger partial charge is 0.467 e. The third-order valence-electron chi connectivity index (χ3n) is 5.28. The smallest absolute Gasteiger partial charge is 0.253 e. The van der Waals surface area contributed by atoms with E-state index in [0.717, 1.165) is 51.4 Å². The highest BCUT2D eigenvalue weighted by atomic mass is 32.2. The molecule has 2 aliphatic rings. The molecule has 154 valence electrons. The van der Waals surface area contributed by atoms with E-state index >= 15 is 0 Å². The molecule has 1 aliphatic carbocycles. The molecule has 4 heterocycles. The number of amides is 1. The van der Waals surface area contributed by atoms with Crippen molar-refractivity contribution >= 4 is 40.8 Å². The van der Waals surface area contributed by atoms with Crippen molar-refractivity contribution in [3.8, 4) is 0 Å². The van der Waals surface area contributed by atoms with E-state index in [9.17, 15) is 4.79 Å². The molecule has 1 aliphatic heterocycles. The maximum absolute atomic E-state index is 13.2. The molecule has 0 bridgehead atoms. The lowest BCUT2D eigenvalue weighted by atomic mass is 9.79. The summed E-state index contributed by atoms with van der Waals surface area (Å²) < 4.78 is 12.0. The second kappa shape index (κ2) is 8.23. The van der Waals surface area contributed by atoms with Crippen molar-refractivity contribution in [3.63, 3.8) is 0 Å². The van der Waals surface area contributed by atoms with Crippen LogP contribution in [0.25, 0.3) is 6.08 Å². The zero-order chi connectivity index (χ0) is 20.5. The molecular formula is C21H20N4O3S2. The summed E-state index contributed by atoms with van der Waals surface area (Å²) in [7, 11) is 0. The highest BCUT2D eigenvalue weighted by Crippen LogP contribution is 2.44. The van der Waals surface area contributed by atoms with E-state index in [1.165, 1.54) is 23.1 Å². The van der Waals surface area contributed by atoms with Crippen LogP contribution in [-0.4, -0.2) is 32.6 Å². The molecule has 1 fully saturated rings. The van der Waals surface area contributed by atoms with Gasteiger partial charge < -0.3 is 8.83 Å². The SMILES string of the molecule is Cc1nnc(SCC(=O)N2N=C3C(=Cc4ccco4)CCCC3C2c2ccco2)s1. The molecule has 0 N–H and O–H groups in total. The van der Waals surface area contributed by atoms with E-state index in [1.54, 1.807) is 17.5 Å². The lowest BCUT2D eigenvalue weighted by Crippen LogP contribution is -2.32. The Morgan fingerprint density at radius 3 is 2.90 bits per heavy atom. The average Bonchev–Trinajstić information content (AvgIpc) is 3.52. The first kappa shape index (κ1) is 19.3. The van der Waals surface area contributed by atoms with Crippen molar-refractivity contribution in [1.29, 1.82) is 0 Å². The van der Waals surface area contributed by atoms with Gasteiger partial charge in [-0.3, -0.25) is 4.79 Å². The van der Waals surface area contributed by atoms with Gasteiger partial charge in [0, 0.05) is 5.92 Å². The molecule has 2 unspecified atom stereocenters. The molecular weight excluding hydrogens is 420 g/mol. The van der Waals surface area contributed by atoms with Crippen molar-refractivity contribution in [2.75, 3.05) is 5.75 Å². The minimum atomic E-state index is -0.223. The van der Waals surface area contributed by atoms with Gasteiger partial charge in [0.05, 0.1) is 24.0 Å². The van der Waals surface area contributed by atoms with Crippen LogP contribution in [0.1, 0.15) is 41.8 Å². The van der Waals surface area contributed by atoms with Crippen LogP contribution in [0.4, 0.5) is 0 Å². The van der Waals surface area contributed by atoms with Crippen molar-refractivity contribution < 1.29 is 13.6 Å². The summed E-state index contributed by atoms with van der Waals surface area (Å²) in [6.45, 7) is 1.90. The summed E-state index contributed by atoms with van der Waals surface area (Å²) in [5.41, 5.74) is 2.09. The van der Waals surface area contributed by atoms with Gasteiger partial charge in [-0.25, -0.2) is 5.01 Å². The maximum atomic E-state index is 13.2. The van der Waals surface area contributed by atoms with Crippen molar-refractivity contribution in [1.82, 2.24) is 15.2 Å². The van der Waals surface area contributed by atoms with E-state index in [0.29, 0.717) is 0 Å². The van der Waals surface area contributed by atoms with Gasteiger partial charge >= 0.3 is 0 Å². The first-order chi connectivity index (χ1) is 14.7. The van der Waals surface area contributed by atoms with Gasteiger partial charge in [0.2, 0.25) is 0 Å². The molecule has 5 rings (SSSR count). The highest BCUT2D eigenvalue weighted by molar-refractivity contribution is 8.01. The second-order valence-corrected chi connectivity index (χ2v) is 9.65. The molecule has 3 aromatic heterocycles. The number of fused-ring (bicyclic) bond motifs is 1. The number of hydrazone groups is 1. The van der Waals surface area contributed by atoms with Gasteiger partial charge in [-0.2, -0.15) is 5.10 Å². The Balaban J connectivity index is 1.44. The Labute approximate surface area is 181 Å². The number of thioether (sulfide) groups is 1. The van der Waals surface area contributed by atoms with Gasteiger partial charge in [-0.05, 0) is 62.1 Å². The highest BCUT2D eigenvalue weighted by Gasteiger charge is 2.45. The molecule has 0 spiro atoms. The molecule has 9 heteroatoms. The van der Waals surface area contributed by atoms with Crippen molar-refractivity contribution in [2.45, 2.75) is 36.6 Å². The molecule has 0 radical (unpaired) electrons. The fourth-order valence-corrected chi connectivity index (χ4v) is 5.68. The Morgan fingerprint density at radius 2 is 2.17 bits per heavy atom. The lowest BCUT2D eigenvalue weighted by molar-refractivity contribution is -0.131. The van der Waals surface area contributed by atoms with E-state index in [2.05, 4.69) is 10.2 Å². The van der Waals surface area contributed by atoms with Gasteiger partial charge in [-0.15, -0.1) is 10.2 Å². The quantitative estimate of drug-likeness (QED) is 0.522. The van der Waals surface area contributed by atoms with Gasteiger partial charge in [0.25, 0.3) is 5.91 Å². The standard InChI is InChI=1S/C21H20N4O3S2/c1-13-22-23-21(30-13)29-12-18(26)25-20(17-8-4-10-28-17)16-7-2-5-14(19(16)24-25)11-15-6-3-9-27-15/h3-4,6,8-11,16,20H,2,5,7,12H2,1H3. The van der Waals surface area contributed by atoms with Crippen LogP contribution in [0.2, 0.25) is 0 Å². The number of carbonyl (C=O) groups is 1. The Hall–Kier alpha value is -2.65. The molecule has 30 heavy (non-hydrogen) atoms. The minimum absolute atomic E-state index is 0.0616. The predicted octanol–water partition coefficient (Wildman–Crippen LogP) is 4.95. The van der Waals surface area contributed by atoms with Crippen LogP contribution >= 0.6 is 23.1 Å². The number of nitrogens with zero attached hydrogens (tertiary/aromatic N) is 4. The van der Waals surface area contributed by atoms with E-state index < -0.39 is 0 Å². The van der Waals surface area contributed by atoms with Crippen LogP contribution in [0.5, 0.6) is 0 Å². The van der Waals surface area contributed by atoms with Gasteiger partial charge in [0.15, 0.2) is 4.34 Å². The summed E-state index contributed by atoms with van der Waals surface area (Å²) in [6.07, 6.45) is 8.27. The third-order valence-corrected chi connectivity index (χ3v) is 7.23. The van der Waals surface area contributed by atoms with Crippen LogP contribution < -0.4 is 0 Å². The van der Waals surface area contributed by atoms with E-state index in [1.807, 2.05) is 37.3 Å². The Morgan fingerprint density at radius 1 is 1.30 bits per heavy atom. The summed E-state index contributed by atoms with van der Waals surface area (Å²) >= 11 is 2.89. The van der Waals surface area contributed by atoms with Crippen molar-refractivity contribution in [2.24, 2.45) is 11.0 Å². The number of rotatable bonds is 5. The molecule has 1 saturated carbocycles. The van der Waals surface area contributed by atoms with E-state index in [-0.39, 0.29) is 23.6 Å². The summed E-state index contributed by atoms with van der Waals surface area (Å²) in [6, 6.07) is 7.36. The fourth-order valence-electron chi connectivity index (χ4n) is 4.02. The number of hydrogen-bond donors (Lipinski definition) is 0. The lowest BCUT2D eigenvalue weighted by Gasteiger charge is -2.27. The average molecular weight is 441 g/mol.